The summed E-state index contributed by atoms with van der Waals surface area (Å²) in [6.07, 6.45) is 1.79. The standard InChI is InChI=1S/C11H24O2/c1-5-9(6-2)11(13)7-10(12)8(3)4/h8-13H,5-7H2,1-4H3. The number of hydrogen-bond acceptors (Lipinski definition) is 2. The molecular weight excluding hydrogens is 164 g/mol. The van der Waals surface area contributed by atoms with Crippen LogP contribution < -0.4 is 0 Å². The van der Waals surface area contributed by atoms with Gasteiger partial charge in [-0.2, -0.15) is 0 Å². The van der Waals surface area contributed by atoms with Crippen molar-refractivity contribution >= 4 is 0 Å². The van der Waals surface area contributed by atoms with Crippen molar-refractivity contribution in [3.63, 3.8) is 0 Å². The molecule has 0 aliphatic heterocycles. The first-order valence-corrected chi connectivity index (χ1v) is 5.38. The molecule has 0 spiro atoms. The summed E-state index contributed by atoms with van der Waals surface area (Å²) in [7, 11) is 0. The zero-order chi connectivity index (χ0) is 10.4. The average Bonchev–Trinajstić information content (AvgIpc) is 2.06. The van der Waals surface area contributed by atoms with Crippen LogP contribution in [0.1, 0.15) is 47.0 Å². The maximum atomic E-state index is 9.77. The monoisotopic (exact) mass is 188 g/mol. The number of aliphatic hydroxyl groups excluding tert-OH is 2. The van der Waals surface area contributed by atoms with E-state index in [0.717, 1.165) is 12.8 Å². The average molecular weight is 188 g/mol. The zero-order valence-electron chi connectivity index (χ0n) is 9.33. The molecule has 80 valence electrons. The molecule has 13 heavy (non-hydrogen) atoms. The fourth-order valence-electron chi connectivity index (χ4n) is 1.54. The van der Waals surface area contributed by atoms with E-state index < -0.39 is 0 Å². The van der Waals surface area contributed by atoms with Gasteiger partial charge in [0.2, 0.25) is 0 Å². The SMILES string of the molecule is CCC(CC)C(O)CC(O)C(C)C. The van der Waals surface area contributed by atoms with E-state index in [1.165, 1.54) is 0 Å². The van der Waals surface area contributed by atoms with Crippen molar-refractivity contribution in [2.24, 2.45) is 11.8 Å². The van der Waals surface area contributed by atoms with Crippen LogP contribution in [0.5, 0.6) is 0 Å². The van der Waals surface area contributed by atoms with Crippen LogP contribution in [-0.2, 0) is 0 Å². The maximum absolute atomic E-state index is 9.77. The van der Waals surface area contributed by atoms with Gasteiger partial charge in [0.05, 0.1) is 12.2 Å². The van der Waals surface area contributed by atoms with Crippen molar-refractivity contribution in [1.29, 1.82) is 0 Å². The molecule has 0 radical (unpaired) electrons. The van der Waals surface area contributed by atoms with Crippen molar-refractivity contribution in [2.75, 3.05) is 0 Å². The van der Waals surface area contributed by atoms with E-state index in [4.69, 9.17) is 0 Å². The summed E-state index contributed by atoms with van der Waals surface area (Å²) < 4.78 is 0. The Morgan fingerprint density at radius 2 is 1.38 bits per heavy atom. The number of rotatable bonds is 6. The Balaban J connectivity index is 3.89. The van der Waals surface area contributed by atoms with E-state index in [-0.39, 0.29) is 18.1 Å². The van der Waals surface area contributed by atoms with E-state index in [2.05, 4.69) is 13.8 Å². The van der Waals surface area contributed by atoms with Crippen LogP contribution in [0.25, 0.3) is 0 Å². The van der Waals surface area contributed by atoms with Crippen LogP contribution in [-0.4, -0.2) is 22.4 Å². The molecule has 0 bridgehead atoms. The minimum absolute atomic E-state index is 0.240. The molecule has 0 amide bonds. The quantitative estimate of drug-likeness (QED) is 0.671. The van der Waals surface area contributed by atoms with Gasteiger partial charge in [-0.25, -0.2) is 0 Å². The second kappa shape index (κ2) is 6.39. The predicted molar refractivity (Wildman–Crippen MR) is 55.5 cm³/mol. The van der Waals surface area contributed by atoms with Gasteiger partial charge < -0.3 is 10.2 Å². The summed E-state index contributed by atoms with van der Waals surface area (Å²) in [4.78, 5) is 0. The van der Waals surface area contributed by atoms with Crippen LogP contribution >= 0.6 is 0 Å². The van der Waals surface area contributed by atoms with Crippen LogP contribution in [0.2, 0.25) is 0 Å². The molecule has 0 aromatic carbocycles. The Labute approximate surface area is 82.0 Å². The van der Waals surface area contributed by atoms with E-state index in [9.17, 15) is 10.2 Å². The molecule has 0 saturated carbocycles. The lowest BCUT2D eigenvalue weighted by Gasteiger charge is -2.24. The lowest BCUT2D eigenvalue weighted by molar-refractivity contribution is 0.0225. The van der Waals surface area contributed by atoms with Crippen LogP contribution in [0.3, 0.4) is 0 Å². The van der Waals surface area contributed by atoms with Gasteiger partial charge in [-0.1, -0.05) is 40.5 Å². The Bertz CT molecular complexity index is 119. The number of aliphatic hydroxyl groups is 2. The molecule has 0 heterocycles. The first-order chi connectivity index (χ1) is 6.02. The zero-order valence-corrected chi connectivity index (χ0v) is 9.33. The van der Waals surface area contributed by atoms with Crippen molar-refractivity contribution in [3.8, 4) is 0 Å². The summed E-state index contributed by atoms with van der Waals surface area (Å²) >= 11 is 0. The molecule has 2 nitrogen and oxygen atoms in total. The van der Waals surface area contributed by atoms with Crippen molar-refractivity contribution in [2.45, 2.75) is 59.2 Å². The highest BCUT2D eigenvalue weighted by Crippen LogP contribution is 2.19. The summed E-state index contributed by atoms with van der Waals surface area (Å²) in [6.45, 7) is 8.12. The topological polar surface area (TPSA) is 40.5 Å². The van der Waals surface area contributed by atoms with Crippen LogP contribution in [0.15, 0.2) is 0 Å². The molecule has 2 unspecified atom stereocenters. The molecule has 0 fully saturated rings. The Kier molecular flexibility index (Phi) is 6.35. The van der Waals surface area contributed by atoms with Gasteiger partial charge in [-0.3, -0.25) is 0 Å². The van der Waals surface area contributed by atoms with E-state index in [0.29, 0.717) is 12.3 Å². The fourth-order valence-corrected chi connectivity index (χ4v) is 1.54. The Morgan fingerprint density at radius 3 is 1.69 bits per heavy atom. The minimum Gasteiger partial charge on any atom is -0.393 e. The van der Waals surface area contributed by atoms with Crippen LogP contribution in [0.4, 0.5) is 0 Å². The molecule has 0 aliphatic carbocycles. The lowest BCUT2D eigenvalue weighted by atomic mass is 9.90. The van der Waals surface area contributed by atoms with Crippen molar-refractivity contribution in [1.82, 2.24) is 0 Å². The Hall–Kier alpha value is -0.0800. The first kappa shape index (κ1) is 12.9. The van der Waals surface area contributed by atoms with E-state index >= 15 is 0 Å². The van der Waals surface area contributed by atoms with Gasteiger partial charge in [-0.05, 0) is 18.3 Å². The summed E-state index contributed by atoms with van der Waals surface area (Å²) in [5.41, 5.74) is 0. The van der Waals surface area contributed by atoms with Gasteiger partial charge >= 0.3 is 0 Å². The van der Waals surface area contributed by atoms with Crippen LogP contribution in [0, 0.1) is 11.8 Å². The third kappa shape index (κ3) is 4.63. The molecule has 0 aromatic heterocycles. The highest BCUT2D eigenvalue weighted by molar-refractivity contribution is 4.72. The van der Waals surface area contributed by atoms with Crippen molar-refractivity contribution in [3.05, 3.63) is 0 Å². The molecule has 0 rings (SSSR count). The Morgan fingerprint density at radius 1 is 0.923 bits per heavy atom. The highest BCUT2D eigenvalue weighted by Gasteiger charge is 2.20. The van der Waals surface area contributed by atoms with Gasteiger partial charge in [0, 0.05) is 0 Å². The second-order valence-corrected chi connectivity index (χ2v) is 4.19. The van der Waals surface area contributed by atoms with E-state index in [1.54, 1.807) is 0 Å². The summed E-state index contributed by atoms with van der Waals surface area (Å²) in [6, 6.07) is 0. The van der Waals surface area contributed by atoms with Gasteiger partial charge in [0.1, 0.15) is 0 Å². The smallest absolute Gasteiger partial charge is 0.0592 e. The van der Waals surface area contributed by atoms with Gasteiger partial charge in [0.15, 0.2) is 0 Å². The lowest BCUT2D eigenvalue weighted by Crippen LogP contribution is -2.27. The van der Waals surface area contributed by atoms with E-state index in [1.807, 2.05) is 13.8 Å². The second-order valence-electron chi connectivity index (χ2n) is 4.19. The maximum Gasteiger partial charge on any atom is 0.0592 e. The molecule has 0 aromatic rings. The summed E-state index contributed by atoms with van der Waals surface area (Å²) in [5.74, 6) is 0.581. The number of hydrogen-bond donors (Lipinski definition) is 2. The highest BCUT2D eigenvalue weighted by atomic mass is 16.3. The van der Waals surface area contributed by atoms with Crippen molar-refractivity contribution < 1.29 is 10.2 Å². The normalized spacial score (nSPS) is 16.6. The van der Waals surface area contributed by atoms with Gasteiger partial charge in [0.25, 0.3) is 0 Å². The minimum atomic E-state index is -0.365. The molecule has 2 heteroatoms. The fraction of sp³-hybridized carbons (Fsp3) is 1.00. The first-order valence-electron chi connectivity index (χ1n) is 5.38. The molecule has 0 aliphatic rings. The predicted octanol–water partition coefficient (Wildman–Crippen LogP) is 2.19. The molecule has 2 N–H and O–H groups in total. The molecule has 0 saturated heterocycles. The largest absolute Gasteiger partial charge is 0.393 e. The molecular formula is C11H24O2. The third-order valence-electron chi connectivity index (χ3n) is 2.85. The van der Waals surface area contributed by atoms with Gasteiger partial charge in [-0.15, -0.1) is 0 Å². The summed E-state index contributed by atoms with van der Waals surface area (Å²) in [5, 5.41) is 19.3. The molecule has 2 atom stereocenters. The third-order valence-corrected chi connectivity index (χ3v) is 2.85.